The molecule has 0 aliphatic heterocycles. The van der Waals surface area contributed by atoms with Crippen molar-refractivity contribution in [3.05, 3.63) is 17.7 Å². The molecule has 1 N–H and O–H groups in total. The monoisotopic (exact) mass is 280 g/mol. The fraction of sp³-hybridized carbons (Fsp3) is 0.429. The van der Waals surface area contributed by atoms with Gasteiger partial charge in [0.1, 0.15) is 0 Å². The molecule has 1 rings (SSSR count). The molecule has 0 unspecified atom stereocenters. The van der Waals surface area contributed by atoms with Crippen LogP contribution in [0.1, 0.15) is 30.1 Å². The maximum Gasteiger partial charge on any atom is 0.271 e. The number of amides is 1. The van der Waals surface area contributed by atoms with Gasteiger partial charge in [-0.25, -0.2) is 5.43 Å². The summed E-state index contributed by atoms with van der Waals surface area (Å²) in [5.41, 5.74) is 2.83. The topological polar surface area (TPSA) is 69.2 Å². The molecule has 0 bridgehead atoms. The Kier molecular flexibility index (Phi) is 6.36. The summed E-state index contributed by atoms with van der Waals surface area (Å²) < 4.78 is 15.6. The second-order valence-corrected chi connectivity index (χ2v) is 3.96. The van der Waals surface area contributed by atoms with Crippen LogP contribution in [0.2, 0.25) is 0 Å². The number of methoxy groups -OCH3 is 3. The molecule has 20 heavy (non-hydrogen) atoms. The van der Waals surface area contributed by atoms with Gasteiger partial charge >= 0.3 is 0 Å². The third-order valence-corrected chi connectivity index (χ3v) is 2.60. The van der Waals surface area contributed by atoms with Crippen molar-refractivity contribution < 1.29 is 19.0 Å². The van der Waals surface area contributed by atoms with Gasteiger partial charge in [0.2, 0.25) is 5.75 Å². The summed E-state index contributed by atoms with van der Waals surface area (Å²) >= 11 is 0. The highest BCUT2D eigenvalue weighted by Gasteiger charge is 2.16. The molecule has 0 saturated heterocycles. The minimum Gasteiger partial charge on any atom is -0.493 e. The molecule has 0 saturated carbocycles. The lowest BCUT2D eigenvalue weighted by atomic mass is 10.1. The van der Waals surface area contributed by atoms with Gasteiger partial charge in [0.15, 0.2) is 11.5 Å². The quantitative estimate of drug-likeness (QED) is 0.614. The van der Waals surface area contributed by atoms with Crippen molar-refractivity contribution in [2.75, 3.05) is 21.3 Å². The van der Waals surface area contributed by atoms with Crippen LogP contribution < -0.4 is 19.6 Å². The van der Waals surface area contributed by atoms with Gasteiger partial charge in [-0.1, -0.05) is 13.3 Å². The summed E-state index contributed by atoms with van der Waals surface area (Å²) in [6.45, 7) is 2.03. The Morgan fingerprint density at radius 2 is 1.80 bits per heavy atom. The summed E-state index contributed by atoms with van der Waals surface area (Å²) in [6, 6.07) is 3.15. The predicted octanol–water partition coefficient (Wildman–Crippen LogP) is 2.23. The maximum atomic E-state index is 12.0. The zero-order valence-electron chi connectivity index (χ0n) is 12.2. The standard InChI is InChI=1S/C14H20N2O4/c1-5-6-7-15-16-14(17)10-8-11(18-2)13(20-4)12(9-10)19-3/h7-9H,5-6H2,1-4H3,(H,16,17). The van der Waals surface area contributed by atoms with E-state index in [1.807, 2.05) is 6.92 Å². The molecule has 0 atom stereocenters. The molecule has 6 nitrogen and oxygen atoms in total. The first-order valence-corrected chi connectivity index (χ1v) is 6.29. The summed E-state index contributed by atoms with van der Waals surface area (Å²) in [5, 5.41) is 3.85. The van der Waals surface area contributed by atoms with Gasteiger partial charge in [0.05, 0.1) is 21.3 Å². The first-order chi connectivity index (χ1) is 9.67. The van der Waals surface area contributed by atoms with E-state index in [2.05, 4.69) is 10.5 Å². The fourth-order valence-electron chi connectivity index (χ4n) is 1.57. The number of hydrazone groups is 1. The van der Waals surface area contributed by atoms with Crippen LogP contribution in [0.5, 0.6) is 17.2 Å². The summed E-state index contributed by atoms with van der Waals surface area (Å²) in [7, 11) is 4.51. The molecule has 1 aromatic rings. The van der Waals surface area contributed by atoms with Gasteiger partial charge in [0, 0.05) is 11.8 Å². The Bertz CT molecular complexity index is 461. The Morgan fingerprint density at radius 3 is 2.25 bits per heavy atom. The van der Waals surface area contributed by atoms with Crippen LogP contribution in [-0.4, -0.2) is 33.5 Å². The van der Waals surface area contributed by atoms with E-state index in [1.54, 1.807) is 18.3 Å². The van der Waals surface area contributed by atoms with Gasteiger partial charge < -0.3 is 14.2 Å². The van der Waals surface area contributed by atoms with E-state index in [9.17, 15) is 4.79 Å². The van der Waals surface area contributed by atoms with Crippen molar-refractivity contribution in [2.24, 2.45) is 5.10 Å². The number of nitrogens with zero attached hydrogens (tertiary/aromatic N) is 1. The average Bonchev–Trinajstić information content (AvgIpc) is 2.49. The van der Waals surface area contributed by atoms with E-state index in [1.165, 1.54) is 21.3 Å². The number of benzene rings is 1. The van der Waals surface area contributed by atoms with Crippen molar-refractivity contribution in [1.82, 2.24) is 5.43 Å². The summed E-state index contributed by atoms with van der Waals surface area (Å²) in [5.74, 6) is 0.960. The van der Waals surface area contributed by atoms with E-state index in [0.29, 0.717) is 22.8 Å². The molecule has 0 aliphatic rings. The molecule has 1 aromatic carbocycles. The van der Waals surface area contributed by atoms with E-state index in [0.717, 1.165) is 12.8 Å². The second kappa shape index (κ2) is 8.04. The molecule has 110 valence electrons. The Balaban J connectivity index is 2.97. The third kappa shape index (κ3) is 3.88. The zero-order valence-corrected chi connectivity index (χ0v) is 12.2. The minimum absolute atomic E-state index is 0.336. The molecule has 0 spiro atoms. The number of nitrogens with one attached hydrogen (secondary N) is 1. The number of hydrogen-bond acceptors (Lipinski definition) is 5. The van der Waals surface area contributed by atoms with Crippen LogP contribution in [0.4, 0.5) is 0 Å². The molecule has 0 heterocycles. The van der Waals surface area contributed by atoms with Gasteiger partial charge in [-0.15, -0.1) is 0 Å². The van der Waals surface area contributed by atoms with Gasteiger partial charge in [-0.2, -0.15) is 5.10 Å². The summed E-state index contributed by atoms with van der Waals surface area (Å²) in [6.07, 6.45) is 3.45. The highest BCUT2D eigenvalue weighted by Crippen LogP contribution is 2.38. The largest absolute Gasteiger partial charge is 0.493 e. The summed E-state index contributed by atoms with van der Waals surface area (Å²) in [4.78, 5) is 12.0. The number of carbonyl (C=O) groups excluding carboxylic acids is 1. The van der Waals surface area contributed by atoms with Gasteiger partial charge in [-0.3, -0.25) is 4.79 Å². The zero-order chi connectivity index (χ0) is 15.0. The number of rotatable bonds is 7. The normalized spacial score (nSPS) is 10.4. The molecule has 0 fully saturated rings. The Hall–Kier alpha value is -2.24. The van der Waals surface area contributed by atoms with Crippen molar-refractivity contribution in [1.29, 1.82) is 0 Å². The molecule has 0 radical (unpaired) electrons. The van der Waals surface area contributed by atoms with Crippen LogP contribution >= 0.6 is 0 Å². The SMILES string of the molecule is CCCC=NNC(=O)c1cc(OC)c(OC)c(OC)c1. The van der Waals surface area contributed by atoms with E-state index >= 15 is 0 Å². The Morgan fingerprint density at radius 1 is 1.20 bits per heavy atom. The van der Waals surface area contributed by atoms with Crippen LogP contribution in [0, 0.1) is 0 Å². The smallest absolute Gasteiger partial charge is 0.271 e. The maximum absolute atomic E-state index is 12.0. The van der Waals surface area contributed by atoms with Crippen LogP contribution in [-0.2, 0) is 0 Å². The lowest BCUT2D eigenvalue weighted by Crippen LogP contribution is -2.17. The average molecular weight is 280 g/mol. The lowest BCUT2D eigenvalue weighted by Gasteiger charge is -2.13. The minimum atomic E-state index is -0.336. The second-order valence-electron chi connectivity index (χ2n) is 3.96. The fourth-order valence-corrected chi connectivity index (χ4v) is 1.57. The van der Waals surface area contributed by atoms with Crippen LogP contribution in [0.15, 0.2) is 17.2 Å². The number of carbonyl (C=O) groups is 1. The lowest BCUT2D eigenvalue weighted by molar-refractivity contribution is 0.0954. The van der Waals surface area contributed by atoms with E-state index in [-0.39, 0.29) is 5.91 Å². The molecule has 6 heteroatoms. The number of unbranched alkanes of at least 4 members (excludes halogenated alkanes) is 1. The first-order valence-electron chi connectivity index (χ1n) is 6.29. The Labute approximate surface area is 118 Å². The van der Waals surface area contributed by atoms with Crippen molar-refractivity contribution in [3.63, 3.8) is 0 Å². The molecule has 1 amide bonds. The predicted molar refractivity (Wildman–Crippen MR) is 77.0 cm³/mol. The van der Waals surface area contributed by atoms with Crippen molar-refractivity contribution in [3.8, 4) is 17.2 Å². The highest BCUT2D eigenvalue weighted by molar-refractivity contribution is 5.95. The highest BCUT2D eigenvalue weighted by atomic mass is 16.5. The molecular formula is C14H20N2O4. The van der Waals surface area contributed by atoms with E-state index < -0.39 is 0 Å². The van der Waals surface area contributed by atoms with Crippen molar-refractivity contribution in [2.45, 2.75) is 19.8 Å². The van der Waals surface area contributed by atoms with Crippen LogP contribution in [0.25, 0.3) is 0 Å². The first kappa shape index (κ1) is 15.8. The van der Waals surface area contributed by atoms with Crippen molar-refractivity contribution >= 4 is 12.1 Å². The van der Waals surface area contributed by atoms with Crippen LogP contribution in [0.3, 0.4) is 0 Å². The molecular weight excluding hydrogens is 260 g/mol. The number of hydrogen-bond donors (Lipinski definition) is 1. The van der Waals surface area contributed by atoms with Gasteiger partial charge in [-0.05, 0) is 18.6 Å². The number of ether oxygens (including phenoxy) is 3. The molecule has 0 aromatic heterocycles. The molecule has 0 aliphatic carbocycles. The van der Waals surface area contributed by atoms with E-state index in [4.69, 9.17) is 14.2 Å². The van der Waals surface area contributed by atoms with Gasteiger partial charge in [0.25, 0.3) is 5.91 Å². The third-order valence-electron chi connectivity index (χ3n) is 2.60.